The van der Waals surface area contributed by atoms with Gasteiger partial charge >= 0.3 is 12.1 Å². The van der Waals surface area contributed by atoms with Crippen LogP contribution in [0.15, 0.2) is 18.6 Å². The zero-order chi connectivity index (χ0) is 30.2. The number of likely N-dealkylation sites (tertiary alicyclic amines) is 1. The van der Waals surface area contributed by atoms with E-state index in [0.29, 0.717) is 15.9 Å². The first-order valence-electron chi connectivity index (χ1n) is 12.5. The second kappa shape index (κ2) is 11.4. The van der Waals surface area contributed by atoms with E-state index in [2.05, 4.69) is 37.1 Å². The van der Waals surface area contributed by atoms with E-state index in [4.69, 9.17) is 18.0 Å². The minimum atomic E-state index is -5.14. The molecule has 0 bridgehead atoms. The molecule has 2 aliphatic rings. The van der Waals surface area contributed by atoms with Crippen LogP contribution >= 0.6 is 11.6 Å². The Labute approximate surface area is 235 Å². The minimum absolute atomic E-state index is 0.0568. The van der Waals surface area contributed by atoms with Crippen molar-refractivity contribution in [3.63, 3.8) is 0 Å². The lowest BCUT2D eigenvalue weighted by Crippen LogP contribution is -2.53. The maximum absolute atomic E-state index is 13.4. The van der Waals surface area contributed by atoms with Crippen molar-refractivity contribution < 1.29 is 27.6 Å². The number of fused-ring (bicyclic) bond motifs is 2. The molecule has 1 aliphatic heterocycles. The number of rotatable bonds is 5. The maximum atomic E-state index is 13.4. The molecule has 4 atom stereocenters. The maximum Gasteiger partial charge on any atom is 0.471 e. The second-order valence-corrected chi connectivity index (χ2v) is 11.4. The third-order valence-electron chi connectivity index (χ3n) is 7.01. The highest BCUT2D eigenvalue weighted by molar-refractivity contribution is 6.35. The summed E-state index contributed by atoms with van der Waals surface area (Å²) in [4.78, 5) is 42.5. The van der Waals surface area contributed by atoms with Crippen molar-refractivity contribution in [2.24, 2.45) is 23.2 Å². The van der Waals surface area contributed by atoms with E-state index in [1.165, 1.54) is 23.2 Å². The molecular weight excluding hydrogens is 549 g/mol. The molecule has 0 aromatic carbocycles. The topological polar surface area (TPSA) is 120 Å². The summed E-state index contributed by atoms with van der Waals surface area (Å²) in [6, 6.07) is 2.16. The number of carbonyl (C=O) groups is 3. The van der Waals surface area contributed by atoms with Gasteiger partial charge in [-0.3, -0.25) is 23.9 Å². The van der Waals surface area contributed by atoms with Gasteiger partial charge in [0.1, 0.15) is 12.1 Å². The normalized spacial score (nSPS) is 21.4. The zero-order valence-corrected chi connectivity index (χ0v) is 23.4. The number of nitrogens with one attached hydrogen (secondary N) is 2. The number of terminal acetylenes is 1. The molecule has 1 saturated carbocycles. The number of hydrogen-bond acceptors (Lipinski definition) is 5. The average Bonchev–Trinajstić information content (AvgIpc) is 3.19. The van der Waals surface area contributed by atoms with Crippen molar-refractivity contribution in [1.82, 2.24) is 25.1 Å². The van der Waals surface area contributed by atoms with Crippen molar-refractivity contribution in [1.29, 1.82) is 5.26 Å². The highest BCUT2D eigenvalue weighted by Gasteiger charge is 2.69. The number of nitrogens with zero attached hydrogens (tertiary/aromatic N) is 4. The van der Waals surface area contributed by atoms with Crippen molar-refractivity contribution in [2.45, 2.75) is 52.9 Å². The van der Waals surface area contributed by atoms with Crippen molar-refractivity contribution >= 4 is 40.2 Å². The molecule has 214 valence electrons. The van der Waals surface area contributed by atoms with Crippen molar-refractivity contribution in [3.05, 3.63) is 29.2 Å². The molecular formula is C27H30ClF3N6O3. The molecule has 2 fully saturated rings. The van der Waals surface area contributed by atoms with Crippen LogP contribution in [0.2, 0.25) is 5.02 Å². The summed E-state index contributed by atoms with van der Waals surface area (Å²) in [7, 11) is 0. The fraction of sp³-hybridized carbons (Fsp3) is 0.519. The molecule has 9 nitrogen and oxygen atoms in total. The standard InChI is InChI=1S/C23H20ClF3N6O3.C4H10/c1-4-32-10-14(24)11-6-29-7-12(18(11)32)15(5-28)31-20(35)19-17-13(22(17,2)3)9-33(19)16(34)8-30-21(36)23(25,26)27;1-4(2)3/h1,6-7,10,13,15,17,19H,8-9H2,2-3H3,(H,30,36)(H,31,35);4H,1-3H3/t13?,15?,17-,19-;/m0./s1. The summed E-state index contributed by atoms with van der Waals surface area (Å²) >= 11 is 6.20. The number of amides is 3. The first-order chi connectivity index (χ1) is 18.6. The average molecular weight is 579 g/mol. The number of pyridine rings is 1. The van der Waals surface area contributed by atoms with E-state index in [0.717, 1.165) is 10.8 Å². The Morgan fingerprint density at radius 1 is 1.27 bits per heavy atom. The predicted molar refractivity (Wildman–Crippen MR) is 141 cm³/mol. The predicted octanol–water partition coefficient (Wildman–Crippen LogP) is 3.63. The smallest absolute Gasteiger partial charge is 0.339 e. The van der Waals surface area contributed by atoms with Gasteiger partial charge in [-0.15, -0.1) is 0 Å². The van der Waals surface area contributed by atoms with Gasteiger partial charge in [0.05, 0.1) is 23.2 Å². The number of hydrogen-bond donors (Lipinski definition) is 2. The SMILES string of the molecule is C#Cn1cc(Cl)c2cncc(C(C#N)NC(=O)[C@@H]3[C@@H]4C(CN3C(=O)CNC(=O)C(F)(F)F)C4(C)C)c21.CC(C)C. The number of piperidine rings is 1. The van der Waals surface area contributed by atoms with Gasteiger partial charge in [-0.25, -0.2) is 0 Å². The van der Waals surface area contributed by atoms with E-state index in [-0.39, 0.29) is 29.4 Å². The van der Waals surface area contributed by atoms with Gasteiger partial charge in [0, 0.05) is 42.1 Å². The molecule has 2 aromatic rings. The van der Waals surface area contributed by atoms with Crippen LogP contribution in [-0.4, -0.2) is 57.5 Å². The zero-order valence-electron chi connectivity index (χ0n) is 22.6. The van der Waals surface area contributed by atoms with Gasteiger partial charge in [0.2, 0.25) is 11.8 Å². The Bertz CT molecular complexity index is 1400. The molecule has 0 radical (unpaired) electrons. The highest BCUT2D eigenvalue weighted by atomic mass is 35.5. The number of carbonyl (C=O) groups excluding carboxylic acids is 3. The van der Waals surface area contributed by atoms with E-state index in [1.54, 1.807) is 5.32 Å². The quantitative estimate of drug-likeness (QED) is 0.525. The summed E-state index contributed by atoms with van der Waals surface area (Å²) in [5, 5.41) is 14.8. The van der Waals surface area contributed by atoms with E-state index in [1.807, 2.05) is 19.9 Å². The summed E-state index contributed by atoms with van der Waals surface area (Å²) in [6.45, 7) is 9.57. The Morgan fingerprint density at radius 2 is 1.90 bits per heavy atom. The third-order valence-corrected chi connectivity index (χ3v) is 7.31. The van der Waals surface area contributed by atoms with Gasteiger partial charge < -0.3 is 15.5 Å². The van der Waals surface area contributed by atoms with Gasteiger partial charge in [-0.2, -0.15) is 18.4 Å². The number of alkyl halides is 3. The second-order valence-electron chi connectivity index (χ2n) is 11.0. The van der Waals surface area contributed by atoms with Crippen molar-refractivity contribution in [2.75, 3.05) is 13.1 Å². The minimum Gasteiger partial charge on any atom is -0.339 e. The molecule has 3 amide bonds. The van der Waals surface area contributed by atoms with E-state index in [9.17, 15) is 32.8 Å². The molecule has 1 saturated heterocycles. The first kappa shape index (κ1) is 30.8. The number of nitriles is 1. The van der Waals surface area contributed by atoms with E-state index >= 15 is 0 Å². The molecule has 2 aromatic heterocycles. The summed E-state index contributed by atoms with van der Waals surface area (Å²) in [5.74, 6) is -3.23. The van der Waals surface area contributed by atoms with Crippen LogP contribution in [-0.2, 0) is 14.4 Å². The molecule has 3 heterocycles. The molecule has 13 heteroatoms. The number of halogens is 4. The van der Waals surface area contributed by atoms with Crippen LogP contribution in [0.1, 0.15) is 46.2 Å². The van der Waals surface area contributed by atoms with Gasteiger partial charge in [0.15, 0.2) is 0 Å². The van der Waals surface area contributed by atoms with Crippen LogP contribution < -0.4 is 10.6 Å². The Balaban J connectivity index is 0.00000103. The Morgan fingerprint density at radius 3 is 2.45 bits per heavy atom. The summed E-state index contributed by atoms with van der Waals surface area (Å²) in [5.41, 5.74) is 0.403. The lowest BCUT2D eigenvalue weighted by atomic mass is 9.99. The molecule has 40 heavy (non-hydrogen) atoms. The third kappa shape index (κ3) is 6.02. The fourth-order valence-corrected chi connectivity index (χ4v) is 5.32. The van der Waals surface area contributed by atoms with Crippen molar-refractivity contribution in [3.8, 4) is 18.5 Å². The monoisotopic (exact) mass is 578 g/mol. The summed E-state index contributed by atoms with van der Waals surface area (Å²) < 4.78 is 38.9. The van der Waals surface area contributed by atoms with Crippen LogP contribution in [0.25, 0.3) is 10.9 Å². The van der Waals surface area contributed by atoms with Gasteiger partial charge in [-0.1, -0.05) is 52.6 Å². The van der Waals surface area contributed by atoms with Gasteiger partial charge in [0.25, 0.3) is 0 Å². The van der Waals surface area contributed by atoms with Crippen LogP contribution in [0.3, 0.4) is 0 Å². The fourth-order valence-electron chi connectivity index (χ4n) is 5.08. The molecule has 2 unspecified atom stereocenters. The largest absolute Gasteiger partial charge is 0.471 e. The van der Waals surface area contributed by atoms with Gasteiger partial charge in [-0.05, 0) is 23.2 Å². The molecule has 0 spiro atoms. The highest BCUT2D eigenvalue weighted by Crippen LogP contribution is 2.64. The Kier molecular flexibility index (Phi) is 8.75. The Hall–Kier alpha value is -3.77. The number of aromatic nitrogens is 2. The van der Waals surface area contributed by atoms with Crippen LogP contribution in [0.5, 0.6) is 0 Å². The molecule has 1 aliphatic carbocycles. The molecule has 4 rings (SSSR count). The first-order valence-corrected chi connectivity index (χ1v) is 12.9. The van der Waals surface area contributed by atoms with Crippen LogP contribution in [0, 0.1) is 47.0 Å². The lowest BCUT2D eigenvalue weighted by molar-refractivity contribution is -0.174. The lowest BCUT2D eigenvalue weighted by Gasteiger charge is -2.30. The molecule has 2 N–H and O–H groups in total. The van der Waals surface area contributed by atoms with E-state index < -0.39 is 42.5 Å². The summed E-state index contributed by atoms with van der Waals surface area (Å²) in [6.07, 6.45) is 4.71. The van der Waals surface area contributed by atoms with Crippen LogP contribution in [0.4, 0.5) is 13.2 Å².